The number of amides is 1. The molecule has 2 saturated heterocycles. The summed E-state index contributed by atoms with van der Waals surface area (Å²) < 4.78 is 0. The van der Waals surface area contributed by atoms with E-state index in [0.717, 1.165) is 51.9 Å². The molecule has 0 bridgehead atoms. The minimum absolute atomic E-state index is 0.197. The van der Waals surface area contributed by atoms with Gasteiger partial charge in [0.1, 0.15) is 12.1 Å². The van der Waals surface area contributed by atoms with Crippen LogP contribution >= 0.6 is 0 Å². The van der Waals surface area contributed by atoms with Gasteiger partial charge in [-0.05, 0) is 64.3 Å². The van der Waals surface area contributed by atoms with Gasteiger partial charge in [0.05, 0.1) is 5.92 Å². The fraction of sp³-hybridized carbons (Fsp3) is 0.762. The van der Waals surface area contributed by atoms with E-state index in [9.17, 15) is 4.79 Å². The van der Waals surface area contributed by atoms with Gasteiger partial charge < -0.3 is 10.2 Å². The molecule has 4 aliphatic rings. The molecule has 0 aromatic carbocycles. The van der Waals surface area contributed by atoms with Gasteiger partial charge >= 0.3 is 0 Å². The van der Waals surface area contributed by atoms with Gasteiger partial charge in [-0.3, -0.25) is 9.69 Å². The van der Waals surface area contributed by atoms with Crippen LogP contribution in [-0.4, -0.2) is 59.0 Å². The van der Waals surface area contributed by atoms with Gasteiger partial charge in [-0.2, -0.15) is 0 Å². The first-order valence-electron chi connectivity index (χ1n) is 10.9. The van der Waals surface area contributed by atoms with E-state index < -0.39 is 0 Å². The maximum Gasteiger partial charge on any atom is 0.224 e. The molecule has 3 heterocycles. The number of rotatable bonds is 4. The Bertz CT molecular complexity index is 696. The van der Waals surface area contributed by atoms with E-state index in [0.29, 0.717) is 18.0 Å². The van der Waals surface area contributed by atoms with Crippen molar-refractivity contribution in [1.82, 2.24) is 20.2 Å². The molecule has 3 fully saturated rings. The zero-order valence-electron chi connectivity index (χ0n) is 16.2. The summed E-state index contributed by atoms with van der Waals surface area (Å²) in [5.74, 6) is 1.69. The van der Waals surface area contributed by atoms with Gasteiger partial charge in [-0.25, -0.2) is 9.97 Å². The van der Waals surface area contributed by atoms with E-state index in [1.807, 2.05) is 0 Å². The lowest BCUT2D eigenvalue weighted by molar-refractivity contribution is -0.127. The highest BCUT2D eigenvalue weighted by Gasteiger charge is 2.34. The highest BCUT2D eigenvalue weighted by molar-refractivity contribution is 5.79. The predicted molar refractivity (Wildman–Crippen MR) is 105 cm³/mol. The summed E-state index contributed by atoms with van der Waals surface area (Å²) in [6.45, 7) is 4.25. The Balaban J connectivity index is 1.18. The van der Waals surface area contributed by atoms with Crippen LogP contribution in [0.1, 0.15) is 56.2 Å². The molecular formula is C21H31N5O. The molecule has 2 aliphatic carbocycles. The van der Waals surface area contributed by atoms with Crippen LogP contribution < -0.4 is 10.2 Å². The van der Waals surface area contributed by atoms with Gasteiger partial charge in [-0.15, -0.1) is 0 Å². The molecule has 1 amide bonds. The first-order chi connectivity index (χ1) is 13.3. The summed E-state index contributed by atoms with van der Waals surface area (Å²) in [4.78, 5) is 26.6. The lowest BCUT2D eigenvalue weighted by atomic mass is 9.93. The smallest absolute Gasteiger partial charge is 0.224 e. The van der Waals surface area contributed by atoms with Crippen molar-refractivity contribution in [3.63, 3.8) is 0 Å². The first kappa shape index (κ1) is 17.4. The van der Waals surface area contributed by atoms with Crippen LogP contribution in [0.2, 0.25) is 0 Å². The molecule has 6 heteroatoms. The maximum atomic E-state index is 12.5. The number of piperidine rings is 2. The van der Waals surface area contributed by atoms with Crippen molar-refractivity contribution in [3.8, 4) is 0 Å². The molecule has 2 aliphatic heterocycles. The number of aromatic nitrogens is 2. The third kappa shape index (κ3) is 3.68. The van der Waals surface area contributed by atoms with E-state index in [-0.39, 0.29) is 5.92 Å². The topological polar surface area (TPSA) is 61.4 Å². The molecule has 1 N–H and O–H groups in total. The van der Waals surface area contributed by atoms with Crippen molar-refractivity contribution in [1.29, 1.82) is 0 Å². The quantitative estimate of drug-likeness (QED) is 0.879. The molecule has 1 aromatic heterocycles. The molecule has 146 valence electrons. The van der Waals surface area contributed by atoms with Gasteiger partial charge in [0.2, 0.25) is 5.91 Å². The monoisotopic (exact) mass is 369 g/mol. The average molecular weight is 370 g/mol. The first-order valence-corrected chi connectivity index (χ1v) is 10.9. The minimum atomic E-state index is 0.197. The van der Waals surface area contributed by atoms with E-state index >= 15 is 0 Å². The van der Waals surface area contributed by atoms with Crippen LogP contribution in [0.15, 0.2) is 6.33 Å². The number of nitrogens with zero attached hydrogens (tertiary/aromatic N) is 4. The average Bonchev–Trinajstić information content (AvgIpc) is 3.40. The second-order valence-electron chi connectivity index (χ2n) is 8.81. The SMILES string of the molecule is O=C(NC1CC1)C1CCCN(C2CCN(c3ncnc4c3CCC4)CC2)C1. The molecule has 1 aromatic rings. The molecule has 5 rings (SSSR count). The Morgan fingerprint density at radius 2 is 1.85 bits per heavy atom. The van der Waals surface area contributed by atoms with Crippen LogP contribution in [0.25, 0.3) is 0 Å². The van der Waals surface area contributed by atoms with Crippen molar-refractivity contribution in [2.75, 3.05) is 31.1 Å². The zero-order valence-corrected chi connectivity index (χ0v) is 16.2. The normalized spacial score (nSPS) is 26.8. The second-order valence-corrected chi connectivity index (χ2v) is 8.81. The summed E-state index contributed by atoms with van der Waals surface area (Å²) in [7, 11) is 0. The van der Waals surface area contributed by atoms with Crippen molar-refractivity contribution in [2.24, 2.45) is 5.92 Å². The summed E-state index contributed by atoms with van der Waals surface area (Å²) >= 11 is 0. The number of likely N-dealkylation sites (tertiary alicyclic amines) is 1. The molecule has 1 atom stereocenters. The fourth-order valence-corrected chi connectivity index (χ4v) is 5.16. The number of anilines is 1. The molecular weight excluding hydrogens is 338 g/mol. The van der Waals surface area contributed by atoms with Crippen molar-refractivity contribution < 1.29 is 4.79 Å². The highest BCUT2D eigenvalue weighted by atomic mass is 16.2. The van der Waals surface area contributed by atoms with Crippen LogP contribution in [0.3, 0.4) is 0 Å². The molecule has 6 nitrogen and oxygen atoms in total. The Morgan fingerprint density at radius 3 is 2.67 bits per heavy atom. The van der Waals surface area contributed by atoms with Crippen LogP contribution in [-0.2, 0) is 17.6 Å². The van der Waals surface area contributed by atoms with Gasteiger partial charge in [0, 0.05) is 43.0 Å². The number of aryl methyl sites for hydroxylation is 1. The number of hydrogen-bond acceptors (Lipinski definition) is 5. The van der Waals surface area contributed by atoms with Crippen LogP contribution in [0.4, 0.5) is 5.82 Å². The third-order valence-corrected chi connectivity index (χ3v) is 6.88. The van der Waals surface area contributed by atoms with E-state index in [4.69, 9.17) is 0 Å². The van der Waals surface area contributed by atoms with Gasteiger partial charge in [0.25, 0.3) is 0 Å². The number of hydrogen-bond donors (Lipinski definition) is 1. The number of carbonyl (C=O) groups is 1. The number of carbonyl (C=O) groups excluding carboxylic acids is 1. The standard InChI is InChI=1S/C21H31N5O/c27-21(24-16-6-7-16)15-3-2-10-26(13-15)17-8-11-25(12-9-17)20-18-4-1-5-19(18)22-14-23-20/h14-17H,1-13H2,(H,24,27). The van der Waals surface area contributed by atoms with E-state index in [1.54, 1.807) is 6.33 Å². The summed E-state index contributed by atoms with van der Waals surface area (Å²) in [6, 6.07) is 1.10. The van der Waals surface area contributed by atoms with E-state index in [1.165, 1.54) is 49.2 Å². The van der Waals surface area contributed by atoms with Gasteiger partial charge in [-0.1, -0.05) is 0 Å². The largest absolute Gasteiger partial charge is 0.356 e. The predicted octanol–water partition coefficient (Wildman–Crippen LogP) is 1.92. The van der Waals surface area contributed by atoms with Crippen molar-refractivity contribution >= 4 is 11.7 Å². The van der Waals surface area contributed by atoms with Crippen LogP contribution in [0.5, 0.6) is 0 Å². The number of fused-ring (bicyclic) bond motifs is 1. The maximum absolute atomic E-state index is 12.5. The molecule has 27 heavy (non-hydrogen) atoms. The zero-order chi connectivity index (χ0) is 18.2. The summed E-state index contributed by atoms with van der Waals surface area (Å²) in [6.07, 6.45) is 12.1. The Labute approximate surface area is 161 Å². The highest BCUT2D eigenvalue weighted by Crippen LogP contribution is 2.31. The minimum Gasteiger partial charge on any atom is -0.356 e. The third-order valence-electron chi connectivity index (χ3n) is 6.88. The number of nitrogens with one attached hydrogen (secondary N) is 1. The Morgan fingerprint density at radius 1 is 1.00 bits per heavy atom. The van der Waals surface area contributed by atoms with Gasteiger partial charge in [0.15, 0.2) is 0 Å². The molecule has 1 unspecified atom stereocenters. The second kappa shape index (κ2) is 7.38. The van der Waals surface area contributed by atoms with Crippen molar-refractivity contribution in [3.05, 3.63) is 17.6 Å². The molecule has 0 spiro atoms. The summed E-state index contributed by atoms with van der Waals surface area (Å²) in [5, 5.41) is 3.21. The molecule has 0 radical (unpaired) electrons. The van der Waals surface area contributed by atoms with Crippen LogP contribution in [0, 0.1) is 5.92 Å². The lowest BCUT2D eigenvalue weighted by Gasteiger charge is -2.42. The Hall–Kier alpha value is -1.69. The lowest BCUT2D eigenvalue weighted by Crippen LogP contribution is -2.51. The van der Waals surface area contributed by atoms with E-state index in [2.05, 4.69) is 25.1 Å². The Kier molecular flexibility index (Phi) is 4.76. The molecule has 1 saturated carbocycles. The fourth-order valence-electron chi connectivity index (χ4n) is 5.16. The summed E-state index contributed by atoms with van der Waals surface area (Å²) in [5.41, 5.74) is 2.66. The van der Waals surface area contributed by atoms with Crippen molar-refractivity contribution in [2.45, 2.75) is 69.9 Å².